The van der Waals surface area contributed by atoms with Crippen molar-refractivity contribution in [3.05, 3.63) is 34.9 Å². The van der Waals surface area contributed by atoms with Crippen LogP contribution in [-0.2, 0) is 11.8 Å². The van der Waals surface area contributed by atoms with Crippen molar-refractivity contribution in [2.24, 2.45) is 5.92 Å². The van der Waals surface area contributed by atoms with Crippen LogP contribution in [-0.4, -0.2) is 34.7 Å². The van der Waals surface area contributed by atoms with Crippen LogP contribution in [0.4, 0.5) is 0 Å². The molecule has 1 heterocycles. The number of aryl methyl sites for hydroxylation is 1. The molecule has 0 aromatic heterocycles. The first-order valence-electron chi connectivity index (χ1n) is 10.2. The molecule has 2 saturated carbocycles. The molecule has 2 unspecified atom stereocenters. The van der Waals surface area contributed by atoms with E-state index >= 15 is 0 Å². The number of rotatable bonds is 2. The van der Waals surface area contributed by atoms with Gasteiger partial charge in [0.2, 0.25) is 0 Å². The van der Waals surface area contributed by atoms with Crippen LogP contribution in [0.15, 0.2) is 18.2 Å². The molecule has 3 atom stereocenters. The van der Waals surface area contributed by atoms with E-state index in [0.717, 1.165) is 25.2 Å². The summed E-state index contributed by atoms with van der Waals surface area (Å²) in [6.07, 6.45) is 11.1. The van der Waals surface area contributed by atoms with Crippen LogP contribution in [0.2, 0.25) is 0 Å². The Morgan fingerprint density at radius 3 is 2.75 bits per heavy atom. The molecule has 1 aliphatic heterocycles. The highest BCUT2D eigenvalue weighted by Crippen LogP contribution is 2.58. The van der Waals surface area contributed by atoms with Crippen molar-refractivity contribution >= 4 is 0 Å². The van der Waals surface area contributed by atoms with Crippen molar-refractivity contribution in [3.63, 3.8) is 0 Å². The van der Waals surface area contributed by atoms with E-state index in [1.807, 2.05) is 0 Å². The number of piperidine rings is 1. The molecule has 5 rings (SSSR count). The van der Waals surface area contributed by atoms with E-state index in [4.69, 9.17) is 0 Å². The molecule has 2 bridgehead atoms. The van der Waals surface area contributed by atoms with Gasteiger partial charge in [0.1, 0.15) is 0 Å². The summed E-state index contributed by atoms with van der Waals surface area (Å²) in [6, 6.07) is 7.39. The van der Waals surface area contributed by atoms with E-state index in [2.05, 4.69) is 30.0 Å². The van der Waals surface area contributed by atoms with Gasteiger partial charge >= 0.3 is 0 Å². The molecule has 130 valence electrons. The quantitative estimate of drug-likeness (QED) is 0.889. The molecule has 3 fully saturated rings. The molecule has 1 saturated heterocycles. The summed E-state index contributed by atoms with van der Waals surface area (Å²) in [5.41, 5.74) is 3.92. The Balaban J connectivity index is 1.59. The molecule has 0 radical (unpaired) electrons. The minimum absolute atomic E-state index is 0.0334. The zero-order valence-electron chi connectivity index (χ0n) is 15.1. The van der Waals surface area contributed by atoms with E-state index in [1.165, 1.54) is 68.3 Å². The summed E-state index contributed by atoms with van der Waals surface area (Å²) < 4.78 is 0. The molecule has 0 spiro atoms. The molecule has 1 N–H and O–H groups in total. The van der Waals surface area contributed by atoms with Gasteiger partial charge in [0.15, 0.2) is 0 Å². The van der Waals surface area contributed by atoms with Crippen molar-refractivity contribution in [3.8, 4) is 0 Å². The Kier molecular flexibility index (Phi) is 3.41. The summed E-state index contributed by atoms with van der Waals surface area (Å²) in [4.78, 5) is 2.69. The summed E-state index contributed by atoms with van der Waals surface area (Å²) in [5.74, 6) is 0.893. The lowest BCUT2D eigenvalue weighted by atomic mass is 9.49. The maximum Gasteiger partial charge on any atom is 0.0901 e. The second-order valence-electron chi connectivity index (χ2n) is 9.14. The van der Waals surface area contributed by atoms with Crippen molar-refractivity contribution in [1.82, 2.24) is 4.90 Å². The fraction of sp³-hybridized carbons (Fsp3) is 0.727. The largest absolute Gasteiger partial charge is 0.387 e. The molecule has 0 amide bonds. The zero-order chi connectivity index (χ0) is 16.4. The summed E-state index contributed by atoms with van der Waals surface area (Å²) in [6.45, 7) is 4.62. The molecule has 4 aliphatic rings. The maximum atomic E-state index is 12.0. The van der Waals surface area contributed by atoms with E-state index < -0.39 is 5.60 Å². The Morgan fingerprint density at radius 1 is 1.12 bits per heavy atom. The molecule has 3 aliphatic carbocycles. The van der Waals surface area contributed by atoms with Crippen LogP contribution >= 0.6 is 0 Å². The molecule has 2 nitrogen and oxygen atoms in total. The molecular weight excluding hydrogens is 294 g/mol. The number of benzene rings is 1. The Bertz CT molecular complexity index is 651. The van der Waals surface area contributed by atoms with Crippen molar-refractivity contribution in [1.29, 1.82) is 0 Å². The van der Waals surface area contributed by atoms with Gasteiger partial charge in [0.25, 0.3) is 0 Å². The highest BCUT2D eigenvalue weighted by Gasteiger charge is 2.63. The minimum atomic E-state index is -0.492. The highest BCUT2D eigenvalue weighted by atomic mass is 16.3. The van der Waals surface area contributed by atoms with E-state index in [9.17, 15) is 5.11 Å². The fourth-order valence-electron chi connectivity index (χ4n) is 6.44. The van der Waals surface area contributed by atoms with Crippen LogP contribution < -0.4 is 0 Å². The Morgan fingerprint density at radius 2 is 1.96 bits per heavy atom. The Hall–Kier alpha value is -0.860. The number of fused-ring (bicyclic) bond motifs is 1. The standard InChI is InChI=1S/C22H31NO/c1-16-7-8-18-14-20-22(24)10-3-2-9-21(22,19(18)13-16)11-12-23(20)15-17-5-4-6-17/h7-8,13,17,20,24H,2-6,9-12,14-15H2,1H3/t20?,21?,22-/m1/s1. The van der Waals surface area contributed by atoms with Gasteiger partial charge in [-0.2, -0.15) is 0 Å². The predicted molar refractivity (Wildman–Crippen MR) is 97.3 cm³/mol. The van der Waals surface area contributed by atoms with Gasteiger partial charge < -0.3 is 5.11 Å². The van der Waals surface area contributed by atoms with E-state index in [0.29, 0.717) is 6.04 Å². The van der Waals surface area contributed by atoms with Gasteiger partial charge in [-0.3, -0.25) is 4.90 Å². The minimum Gasteiger partial charge on any atom is -0.387 e. The van der Waals surface area contributed by atoms with Gasteiger partial charge in [-0.05, 0) is 69.0 Å². The summed E-state index contributed by atoms with van der Waals surface area (Å²) >= 11 is 0. The lowest BCUT2D eigenvalue weighted by Gasteiger charge is -2.64. The number of hydrogen-bond acceptors (Lipinski definition) is 2. The molecule has 2 heteroatoms. The lowest BCUT2D eigenvalue weighted by molar-refractivity contribution is -0.169. The first-order valence-corrected chi connectivity index (χ1v) is 10.2. The summed E-state index contributed by atoms with van der Waals surface area (Å²) in [7, 11) is 0. The second kappa shape index (κ2) is 5.32. The number of aliphatic hydroxyl groups is 1. The van der Waals surface area contributed by atoms with Gasteiger partial charge in [-0.1, -0.05) is 43.0 Å². The SMILES string of the molecule is Cc1ccc2c(c1)C13CCCC[C@@]1(O)C(C2)N(CC1CCC1)CC3. The number of likely N-dealkylation sites (tertiary alicyclic amines) is 1. The third kappa shape index (κ3) is 1.96. The first-order chi connectivity index (χ1) is 11.6. The average molecular weight is 325 g/mol. The Labute approximate surface area is 146 Å². The van der Waals surface area contributed by atoms with Crippen LogP contribution in [0.5, 0.6) is 0 Å². The molecule has 24 heavy (non-hydrogen) atoms. The van der Waals surface area contributed by atoms with Crippen LogP contribution in [0.25, 0.3) is 0 Å². The van der Waals surface area contributed by atoms with Gasteiger partial charge in [-0.15, -0.1) is 0 Å². The fourth-order valence-corrected chi connectivity index (χ4v) is 6.44. The highest BCUT2D eigenvalue weighted by molar-refractivity contribution is 5.46. The molecule has 1 aromatic rings. The normalized spacial score (nSPS) is 39.0. The smallest absolute Gasteiger partial charge is 0.0901 e. The van der Waals surface area contributed by atoms with Crippen molar-refractivity contribution < 1.29 is 5.11 Å². The molecular formula is C22H31NO. The van der Waals surface area contributed by atoms with E-state index in [1.54, 1.807) is 0 Å². The topological polar surface area (TPSA) is 23.5 Å². The lowest BCUT2D eigenvalue weighted by Crippen LogP contribution is -2.72. The van der Waals surface area contributed by atoms with Crippen molar-refractivity contribution in [2.75, 3.05) is 13.1 Å². The van der Waals surface area contributed by atoms with Crippen LogP contribution in [0, 0.1) is 12.8 Å². The third-order valence-electron chi connectivity index (χ3n) is 7.97. The number of hydrogen-bond donors (Lipinski definition) is 1. The maximum absolute atomic E-state index is 12.0. The molecule has 1 aromatic carbocycles. The monoisotopic (exact) mass is 325 g/mol. The first kappa shape index (κ1) is 15.4. The average Bonchev–Trinajstić information content (AvgIpc) is 2.53. The second-order valence-corrected chi connectivity index (χ2v) is 9.14. The predicted octanol–water partition coefficient (Wildman–Crippen LogP) is 3.97. The van der Waals surface area contributed by atoms with Crippen LogP contribution in [0.1, 0.15) is 68.1 Å². The van der Waals surface area contributed by atoms with Gasteiger partial charge in [-0.25, -0.2) is 0 Å². The van der Waals surface area contributed by atoms with Crippen LogP contribution in [0.3, 0.4) is 0 Å². The van der Waals surface area contributed by atoms with Gasteiger partial charge in [0, 0.05) is 18.0 Å². The van der Waals surface area contributed by atoms with Crippen molar-refractivity contribution in [2.45, 2.75) is 81.8 Å². The third-order valence-corrected chi connectivity index (χ3v) is 7.97. The zero-order valence-corrected chi connectivity index (χ0v) is 15.1. The summed E-state index contributed by atoms with van der Waals surface area (Å²) in [5, 5.41) is 12.0. The number of nitrogens with zero attached hydrogens (tertiary/aromatic N) is 1. The van der Waals surface area contributed by atoms with Gasteiger partial charge in [0.05, 0.1) is 5.60 Å². The van der Waals surface area contributed by atoms with E-state index in [-0.39, 0.29) is 5.41 Å².